The molecule has 0 bridgehead atoms. The molecule has 2 aromatic carbocycles. The topological polar surface area (TPSA) is 20.3 Å². The van der Waals surface area contributed by atoms with Gasteiger partial charge in [-0.3, -0.25) is 4.79 Å². The number of allylic oxidation sites excluding steroid dienone is 1. The fourth-order valence-corrected chi connectivity index (χ4v) is 2.10. The number of hydrogen-bond donors (Lipinski definition) is 0. The lowest BCUT2D eigenvalue weighted by atomic mass is 10.1. The summed E-state index contributed by atoms with van der Waals surface area (Å²) in [4.78, 5) is 14.1. The Morgan fingerprint density at radius 3 is 2.24 bits per heavy atom. The number of nitrogens with zero attached hydrogens (tertiary/aromatic N) is 1. The van der Waals surface area contributed by atoms with Gasteiger partial charge in [0.15, 0.2) is 5.78 Å². The van der Waals surface area contributed by atoms with Crippen molar-refractivity contribution in [3.05, 3.63) is 69.7 Å². The average Bonchev–Trinajstić information content (AvgIpc) is 2.48. The Morgan fingerprint density at radius 1 is 1.00 bits per heavy atom. The molecule has 0 fully saturated rings. The summed E-state index contributed by atoms with van der Waals surface area (Å²) in [7, 11) is 3.97. The fraction of sp³-hybridized carbons (Fsp3) is 0.118. The molecule has 0 aromatic heterocycles. The third-order valence-corrected chi connectivity index (χ3v) is 3.78. The molecule has 108 valence electrons. The van der Waals surface area contributed by atoms with Crippen LogP contribution in [0.4, 0.5) is 5.69 Å². The van der Waals surface area contributed by atoms with Gasteiger partial charge in [0.2, 0.25) is 0 Å². The second-order valence-corrected chi connectivity index (χ2v) is 5.63. The van der Waals surface area contributed by atoms with Crippen molar-refractivity contribution in [3.63, 3.8) is 0 Å². The molecule has 0 N–H and O–H groups in total. The van der Waals surface area contributed by atoms with Gasteiger partial charge in [-0.1, -0.05) is 41.4 Å². The van der Waals surface area contributed by atoms with Crippen LogP contribution in [0.5, 0.6) is 0 Å². The molecule has 0 amide bonds. The molecular formula is C17H15Cl2NO. The molecule has 21 heavy (non-hydrogen) atoms. The van der Waals surface area contributed by atoms with Crippen molar-refractivity contribution in [2.75, 3.05) is 19.0 Å². The zero-order chi connectivity index (χ0) is 15.4. The van der Waals surface area contributed by atoms with Crippen LogP contribution in [0.1, 0.15) is 15.9 Å². The average molecular weight is 320 g/mol. The first-order valence-electron chi connectivity index (χ1n) is 6.42. The first kappa shape index (κ1) is 15.6. The van der Waals surface area contributed by atoms with Crippen LogP contribution in [0, 0.1) is 0 Å². The summed E-state index contributed by atoms with van der Waals surface area (Å²) >= 11 is 11.7. The van der Waals surface area contributed by atoms with E-state index in [1.165, 1.54) is 6.08 Å². The highest BCUT2D eigenvalue weighted by molar-refractivity contribution is 6.42. The maximum absolute atomic E-state index is 12.1. The largest absolute Gasteiger partial charge is 0.378 e. The minimum atomic E-state index is -0.106. The Kier molecular flexibility index (Phi) is 5.05. The lowest BCUT2D eigenvalue weighted by Gasteiger charge is -2.11. The molecule has 0 aliphatic carbocycles. The fourth-order valence-electron chi connectivity index (χ4n) is 1.80. The van der Waals surface area contributed by atoms with Crippen LogP contribution in [-0.2, 0) is 0 Å². The molecule has 0 saturated heterocycles. The highest BCUT2D eigenvalue weighted by Gasteiger charge is 2.05. The van der Waals surface area contributed by atoms with E-state index in [1.807, 2.05) is 43.3 Å². The molecule has 0 saturated carbocycles. The third kappa shape index (κ3) is 4.10. The van der Waals surface area contributed by atoms with E-state index in [9.17, 15) is 4.79 Å². The highest BCUT2D eigenvalue weighted by Crippen LogP contribution is 2.23. The summed E-state index contributed by atoms with van der Waals surface area (Å²) in [6, 6.07) is 12.8. The molecule has 0 aliphatic heterocycles. The lowest BCUT2D eigenvalue weighted by Crippen LogP contribution is -2.07. The van der Waals surface area contributed by atoms with Crippen molar-refractivity contribution >= 4 is 40.7 Å². The van der Waals surface area contributed by atoms with Crippen LogP contribution in [-0.4, -0.2) is 19.9 Å². The molecule has 0 spiro atoms. The van der Waals surface area contributed by atoms with Gasteiger partial charge in [-0.2, -0.15) is 0 Å². The van der Waals surface area contributed by atoms with E-state index < -0.39 is 0 Å². The minimum Gasteiger partial charge on any atom is -0.378 e. The normalized spacial score (nSPS) is 10.9. The maximum Gasteiger partial charge on any atom is 0.185 e. The van der Waals surface area contributed by atoms with Crippen molar-refractivity contribution in [3.8, 4) is 0 Å². The van der Waals surface area contributed by atoms with Gasteiger partial charge in [0.05, 0.1) is 10.0 Å². The molecule has 4 heteroatoms. The Bertz CT molecular complexity index is 676. The summed E-state index contributed by atoms with van der Waals surface area (Å²) in [6.07, 6.45) is 3.31. The number of benzene rings is 2. The van der Waals surface area contributed by atoms with Gasteiger partial charge < -0.3 is 4.90 Å². The van der Waals surface area contributed by atoms with Crippen LogP contribution in [0.25, 0.3) is 6.08 Å². The molecule has 0 unspecified atom stereocenters. The summed E-state index contributed by atoms with van der Waals surface area (Å²) in [5.74, 6) is -0.106. The van der Waals surface area contributed by atoms with E-state index in [0.717, 1.165) is 11.3 Å². The lowest BCUT2D eigenvalue weighted by molar-refractivity contribution is 0.104. The Balaban J connectivity index is 2.12. The van der Waals surface area contributed by atoms with Crippen LogP contribution < -0.4 is 4.90 Å². The standard InChI is InChI=1S/C17H15Cl2NO/c1-20(2)14-7-3-12(4-8-14)5-10-17(21)13-6-9-15(18)16(19)11-13/h3-11H,1-2H3/b10-5+. The van der Waals surface area contributed by atoms with Crippen molar-refractivity contribution in [2.45, 2.75) is 0 Å². The molecule has 0 radical (unpaired) electrons. The molecule has 0 aliphatic rings. The van der Waals surface area contributed by atoms with Crippen molar-refractivity contribution in [1.29, 1.82) is 0 Å². The third-order valence-electron chi connectivity index (χ3n) is 3.04. The van der Waals surface area contributed by atoms with Crippen molar-refractivity contribution < 1.29 is 4.79 Å². The molecule has 2 rings (SSSR count). The number of anilines is 1. The van der Waals surface area contributed by atoms with Gasteiger partial charge >= 0.3 is 0 Å². The van der Waals surface area contributed by atoms with Crippen molar-refractivity contribution in [2.24, 2.45) is 0 Å². The monoisotopic (exact) mass is 319 g/mol. The predicted octanol–water partition coefficient (Wildman–Crippen LogP) is 4.96. The van der Waals surface area contributed by atoms with Crippen LogP contribution in [0.15, 0.2) is 48.5 Å². The zero-order valence-electron chi connectivity index (χ0n) is 11.8. The summed E-state index contributed by atoms with van der Waals surface area (Å²) in [5, 5.41) is 0.822. The van der Waals surface area contributed by atoms with Crippen molar-refractivity contribution in [1.82, 2.24) is 0 Å². The zero-order valence-corrected chi connectivity index (χ0v) is 13.3. The van der Waals surface area contributed by atoms with E-state index in [2.05, 4.69) is 0 Å². The number of halogens is 2. The van der Waals surface area contributed by atoms with E-state index in [-0.39, 0.29) is 5.78 Å². The quantitative estimate of drug-likeness (QED) is 0.586. The number of rotatable bonds is 4. The van der Waals surface area contributed by atoms with Gasteiger partial charge in [0.1, 0.15) is 0 Å². The second kappa shape index (κ2) is 6.79. The SMILES string of the molecule is CN(C)c1ccc(/C=C/C(=O)c2ccc(Cl)c(Cl)c2)cc1. The smallest absolute Gasteiger partial charge is 0.185 e. The number of carbonyl (C=O) groups excluding carboxylic acids is 1. The number of ketones is 1. The minimum absolute atomic E-state index is 0.106. The number of carbonyl (C=O) groups is 1. The Morgan fingerprint density at radius 2 is 1.67 bits per heavy atom. The maximum atomic E-state index is 12.1. The Hall–Kier alpha value is -1.77. The summed E-state index contributed by atoms with van der Waals surface area (Å²) in [6.45, 7) is 0. The summed E-state index contributed by atoms with van der Waals surface area (Å²) in [5.41, 5.74) is 2.60. The van der Waals surface area contributed by atoms with Crippen LogP contribution >= 0.6 is 23.2 Å². The second-order valence-electron chi connectivity index (χ2n) is 4.81. The van der Waals surface area contributed by atoms with Gasteiger partial charge in [0, 0.05) is 25.3 Å². The first-order valence-corrected chi connectivity index (χ1v) is 7.18. The van der Waals surface area contributed by atoms with Crippen LogP contribution in [0.3, 0.4) is 0 Å². The van der Waals surface area contributed by atoms with E-state index in [0.29, 0.717) is 15.6 Å². The molecule has 2 aromatic rings. The summed E-state index contributed by atoms with van der Waals surface area (Å²) < 4.78 is 0. The first-order chi connectivity index (χ1) is 9.97. The molecule has 2 nitrogen and oxygen atoms in total. The predicted molar refractivity (Wildman–Crippen MR) is 90.6 cm³/mol. The number of hydrogen-bond acceptors (Lipinski definition) is 2. The van der Waals surface area contributed by atoms with E-state index in [1.54, 1.807) is 24.3 Å². The molecular weight excluding hydrogens is 305 g/mol. The van der Waals surface area contributed by atoms with E-state index in [4.69, 9.17) is 23.2 Å². The van der Waals surface area contributed by atoms with Crippen LogP contribution in [0.2, 0.25) is 10.0 Å². The van der Waals surface area contributed by atoms with Gasteiger partial charge in [-0.05, 0) is 42.0 Å². The molecule has 0 heterocycles. The van der Waals surface area contributed by atoms with Gasteiger partial charge in [0.25, 0.3) is 0 Å². The highest BCUT2D eigenvalue weighted by atomic mass is 35.5. The Labute approximate surface area is 134 Å². The van der Waals surface area contributed by atoms with E-state index >= 15 is 0 Å². The molecule has 0 atom stereocenters. The van der Waals surface area contributed by atoms with Gasteiger partial charge in [-0.15, -0.1) is 0 Å². The van der Waals surface area contributed by atoms with Gasteiger partial charge in [-0.25, -0.2) is 0 Å².